The Balaban J connectivity index is 1.67. The molecule has 1 atom stereocenters. The van der Waals surface area contributed by atoms with Crippen molar-refractivity contribution >= 4 is 11.0 Å². The third kappa shape index (κ3) is 4.03. The summed E-state index contributed by atoms with van der Waals surface area (Å²) in [7, 11) is 0. The number of rotatable bonds is 6. The van der Waals surface area contributed by atoms with E-state index in [2.05, 4.69) is 37.5 Å². The van der Waals surface area contributed by atoms with Gasteiger partial charge in [0.15, 0.2) is 0 Å². The maximum atomic E-state index is 11.0. The zero-order chi connectivity index (χ0) is 20.4. The van der Waals surface area contributed by atoms with Crippen LogP contribution in [0.5, 0.6) is 5.75 Å². The maximum Gasteiger partial charge on any atom is 0.143 e. The van der Waals surface area contributed by atoms with Crippen LogP contribution in [0.2, 0.25) is 0 Å². The number of ether oxygens (including phenoxy) is 1. The fourth-order valence-electron chi connectivity index (χ4n) is 3.52. The molecule has 1 unspecified atom stereocenters. The van der Waals surface area contributed by atoms with Crippen molar-refractivity contribution in [2.75, 3.05) is 6.61 Å². The molecule has 0 saturated heterocycles. The van der Waals surface area contributed by atoms with Gasteiger partial charge in [0, 0.05) is 0 Å². The highest BCUT2D eigenvalue weighted by atomic mass is 16.5. The quantitative estimate of drug-likeness (QED) is 0.500. The predicted molar refractivity (Wildman–Crippen MR) is 116 cm³/mol. The zero-order valence-corrected chi connectivity index (χ0v) is 17.1. The number of imidazole rings is 1. The molecule has 0 fully saturated rings. The van der Waals surface area contributed by atoms with E-state index in [1.54, 1.807) is 0 Å². The number of aromatic nitrogens is 2. The lowest BCUT2D eigenvalue weighted by Gasteiger charge is -2.15. The van der Waals surface area contributed by atoms with E-state index in [9.17, 15) is 5.11 Å². The van der Waals surface area contributed by atoms with E-state index in [0.29, 0.717) is 19.0 Å². The first-order chi connectivity index (χ1) is 14.0. The van der Waals surface area contributed by atoms with Crippen LogP contribution >= 0.6 is 0 Å². The molecule has 0 aliphatic carbocycles. The summed E-state index contributed by atoms with van der Waals surface area (Å²) in [5.74, 6) is 1.49. The van der Waals surface area contributed by atoms with Crippen LogP contribution in [0.3, 0.4) is 0 Å². The molecule has 3 aromatic carbocycles. The summed E-state index contributed by atoms with van der Waals surface area (Å²) in [5, 5.41) is 11.0. The van der Waals surface area contributed by atoms with Crippen molar-refractivity contribution in [3.05, 3.63) is 94.8 Å². The number of aliphatic hydroxyl groups is 1. The van der Waals surface area contributed by atoms with Crippen molar-refractivity contribution in [2.24, 2.45) is 0 Å². The fraction of sp³-hybridized carbons (Fsp3) is 0.240. The first-order valence-electron chi connectivity index (χ1n) is 9.93. The van der Waals surface area contributed by atoms with E-state index < -0.39 is 6.10 Å². The van der Waals surface area contributed by atoms with Crippen LogP contribution in [-0.4, -0.2) is 21.3 Å². The average Bonchev–Trinajstić information content (AvgIpc) is 3.07. The Morgan fingerprint density at radius 2 is 1.62 bits per heavy atom. The molecule has 0 radical (unpaired) electrons. The third-order valence-electron chi connectivity index (χ3n) is 5.36. The molecule has 0 saturated carbocycles. The van der Waals surface area contributed by atoms with Gasteiger partial charge < -0.3 is 14.4 Å². The number of fused-ring (bicyclic) bond motifs is 1. The minimum atomic E-state index is -0.788. The van der Waals surface area contributed by atoms with Crippen LogP contribution in [0, 0.1) is 20.8 Å². The summed E-state index contributed by atoms with van der Waals surface area (Å²) in [6, 6.07) is 21.9. The van der Waals surface area contributed by atoms with Gasteiger partial charge >= 0.3 is 0 Å². The summed E-state index contributed by atoms with van der Waals surface area (Å²) in [5.41, 5.74) is 6.35. The van der Waals surface area contributed by atoms with Gasteiger partial charge in [-0.2, -0.15) is 0 Å². The van der Waals surface area contributed by atoms with Crippen LogP contribution in [0.25, 0.3) is 11.0 Å². The van der Waals surface area contributed by atoms with Crippen molar-refractivity contribution in [1.29, 1.82) is 0 Å². The lowest BCUT2D eigenvalue weighted by Crippen LogP contribution is -2.14. The van der Waals surface area contributed by atoms with Gasteiger partial charge in [0.1, 0.15) is 24.3 Å². The molecule has 4 aromatic rings. The van der Waals surface area contributed by atoms with Gasteiger partial charge in [-0.25, -0.2) is 4.98 Å². The minimum Gasteiger partial charge on any atom is -0.492 e. The first kappa shape index (κ1) is 19.2. The van der Waals surface area contributed by atoms with E-state index in [0.717, 1.165) is 22.3 Å². The Hall–Kier alpha value is -3.11. The Bertz CT molecular complexity index is 1120. The van der Waals surface area contributed by atoms with Crippen LogP contribution < -0.4 is 4.74 Å². The molecule has 148 valence electrons. The second kappa shape index (κ2) is 8.10. The normalized spacial score (nSPS) is 12.3. The SMILES string of the molecule is Cc1ccc(OCCn2c(C(O)c3ccccc3)nc3cc(C)c(C)cc32)cc1. The molecular formula is C25H26N2O2. The number of aliphatic hydroxyl groups excluding tert-OH is 1. The highest BCUT2D eigenvalue weighted by Crippen LogP contribution is 2.27. The zero-order valence-electron chi connectivity index (χ0n) is 17.1. The molecule has 0 spiro atoms. The van der Waals surface area contributed by atoms with Crippen molar-refractivity contribution in [1.82, 2.24) is 9.55 Å². The number of benzene rings is 3. The molecule has 4 rings (SSSR count). The lowest BCUT2D eigenvalue weighted by atomic mass is 10.1. The average molecular weight is 386 g/mol. The molecule has 1 aromatic heterocycles. The second-order valence-corrected chi connectivity index (χ2v) is 7.52. The third-order valence-corrected chi connectivity index (χ3v) is 5.36. The summed E-state index contributed by atoms with van der Waals surface area (Å²) in [4.78, 5) is 4.79. The maximum absolute atomic E-state index is 11.0. The van der Waals surface area contributed by atoms with Gasteiger partial charge in [0.2, 0.25) is 0 Å². The van der Waals surface area contributed by atoms with Gasteiger partial charge in [0.05, 0.1) is 17.6 Å². The van der Waals surface area contributed by atoms with Crippen LogP contribution in [0.15, 0.2) is 66.7 Å². The molecule has 0 amide bonds. The topological polar surface area (TPSA) is 47.3 Å². The van der Waals surface area contributed by atoms with Crippen LogP contribution in [0.1, 0.15) is 34.2 Å². The number of nitrogens with zero attached hydrogens (tertiary/aromatic N) is 2. The molecule has 1 N–H and O–H groups in total. The Labute approximate surface area is 171 Å². The monoisotopic (exact) mass is 386 g/mol. The second-order valence-electron chi connectivity index (χ2n) is 7.52. The Morgan fingerprint density at radius 3 is 2.34 bits per heavy atom. The van der Waals surface area contributed by atoms with Crippen LogP contribution in [-0.2, 0) is 6.54 Å². The van der Waals surface area contributed by atoms with Crippen molar-refractivity contribution in [3.8, 4) is 5.75 Å². The van der Waals surface area contributed by atoms with Gasteiger partial charge in [0.25, 0.3) is 0 Å². The molecular weight excluding hydrogens is 360 g/mol. The summed E-state index contributed by atoms with van der Waals surface area (Å²) < 4.78 is 8.02. The predicted octanol–water partition coefficient (Wildman–Crippen LogP) is 5.12. The van der Waals surface area contributed by atoms with Crippen molar-refractivity contribution in [2.45, 2.75) is 33.4 Å². The lowest BCUT2D eigenvalue weighted by molar-refractivity contribution is 0.201. The number of hydrogen-bond donors (Lipinski definition) is 1. The van der Waals surface area contributed by atoms with E-state index in [4.69, 9.17) is 9.72 Å². The highest BCUT2D eigenvalue weighted by molar-refractivity contribution is 5.78. The molecule has 4 nitrogen and oxygen atoms in total. The molecule has 0 aliphatic heterocycles. The fourth-order valence-corrected chi connectivity index (χ4v) is 3.52. The molecule has 0 bridgehead atoms. The molecule has 29 heavy (non-hydrogen) atoms. The number of hydrogen-bond acceptors (Lipinski definition) is 3. The Morgan fingerprint density at radius 1 is 0.931 bits per heavy atom. The number of aryl methyl sites for hydroxylation is 3. The van der Waals surface area contributed by atoms with Gasteiger partial charge in [-0.15, -0.1) is 0 Å². The van der Waals surface area contributed by atoms with Gasteiger partial charge in [-0.3, -0.25) is 0 Å². The van der Waals surface area contributed by atoms with E-state index in [1.165, 1.54) is 16.7 Å². The molecule has 4 heteroatoms. The van der Waals surface area contributed by atoms with Crippen molar-refractivity contribution in [3.63, 3.8) is 0 Å². The molecule has 1 heterocycles. The standard InChI is InChI=1S/C25H26N2O2/c1-17-9-11-21(12-10-17)29-14-13-27-23-16-19(3)18(2)15-22(23)26-25(27)24(28)20-7-5-4-6-8-20/h4-12,15-16,24,28H,13-14H2,1-3H3. The largest absolute Gasteiger partial charge is 0.492 e. The van der Waals surface area contributed by atoms with Gasteiger partial charge in [-0.05, 0) is 61.7 Å². The summed E-state index contributed by atoms with van der Waals surface area (Å²) >= 11 is 0. The van der Waals surface area contributed by atoms with E-state index in [-0.39, 0.29) is 0 Å². The van der Waals surface area contributed by atoms with Crippen molar-refractivity contribution < 1.29 is 9.84 Å². The Kier molecular flexibility index (Phi) is 5.36. The summed E-state index contributed by atoms with van der Waals surface area (Å²) in [6.07, 6.45) is -0.788. The van der Waals surface area contributed by atoms with Gasteiger partial charge in [-0.1, -0.05) is 48.0 Å². The molecule has 0 aliphatic rings. The first-order valence-corrected chi connectivity index (χ1v) is 9.93. The highest BCUT2D eigenvalue weighted by Gasteiger charge is 2.20. The van der Waals surface area contributed by atoms with E-state index in [1.807, 2.05) is 54.6 Å². The van der Waals surface area contributed by atoms with Crippen LogP contribution in [0.4, 0.5) is 0 Å². The van der Waals surface area contributed by atoms with E-state index >= 15 is 0 Å². The minimum absolute atomic E-state index is 0.496. The smallest absolute Gasteiger partial charge is 0.143 e. The summed E-state index contributed by atoms with van der Waals surface area (Å²) in [6.45, 7) is 7.34.